The third kappa shape index (κ3) is 3.89. The molecule has 0 bridgehead atoms. The normalized spacial score (nSPS) is 16.1. The maximum Gasteiger partial charge on any atom is 0.137 e. The summed E-state index contributed by atoms with van der Waals surface area (Å²) in [5.41, 5.74) is 1.26. The van der Waals surface area contributed by atoms with E-state index in [4.69, 9.17) is 16.3 Å². The van der Waals surface area contributed by atoms with Crippen LogP contribution < -0.4 is 10.1 Å². The zero-order valence-corrected chi connectivity index (χ0v) is 11.8. The van der Waals surface area contributed by atoms with Gasteiger partial charge in [0.05, 0.1) is 12.1 Å². The van der Waals surface area contributed by atoms with Gasteiger partial charge in [-0.1, -0.05) is 30.5 Å². The minimum atomic E-state index is 0.700. The first-order valence-corrected chi connectivity index (χ1v) is 7.20. The fourth-order valence-corrected chi connectivity index (χ4v) is 2.90. The molecule has 1 N–H and O–H groups in total. The largest absolute Gasteiger partial charge is 0.495 e. The second-order valence-electron chi connectivity index (χ2n) is 5.07. The van der Waals surface area contributed by atoms with E-state index in [-0.39, 0.29) is 0 Å². The first-order chi connectivity index (χ1) is 8.79. The van der Waals surface area contributed by atoms with Crippen LogP contribution in [0.5, 0.6) is 5.75 Å². The zero-order valence-electron chi connectivity index (χ0n) is 11.0. The highest BCUT2D eigenvalue weighted by Gasteiger charge is 2.13. The number of nitrogens with one attached hydrogen (secondary N) is 1. The van der Waals surface area contributed by atoms with Crippen LogP contribution in [0.3, 0.4) is 0 Å². The molecule has 0 aliphatic heterocycles. The van der Waals surface area contributed by atoms with Crippen LogP contribution in [0, 0.1) is 5.92 Å². The van der Waals surface area contributed by atoms with Crippen molar-refractivity contribution in [1.29, 1.82) is 0 Å². The number of methoxy groups -OCH3 is 1. The van der Waals surface area contributed by atoms with Gasteiger partial charge in [-0.3, -0.25) is 0 Å². The lowest BCUT2D eigenvalue weighted by atomic mass is 10.1. The van der Waals surface area contributed by atoms with Gasteiger partial charge in [0.2, 0.25) is 0 Å². The highest BCUT2D eigenvalue weighted by molar-refractivity contribution is 6.32. The van der Waals surface area contributed by atoms with Crippen molar-refractivity contribution >= 4 is 11.6 Å². The lowest BCUT2D eigenvalue weighted by molar-refractivity contribution is 0.415. The van der Waals surface area contributed by atoms with E-state index in [0.29, 0.717) is 5.02 Å². The van der Waals surface area contributed by atoms with E-state index in [2.05, 4.69) is 11.4 Å². The van der Waals surface area contributed by atoms with Gasteiger partial charge in [-0.15, -0.1) is 0 Å². The predicted molar refractivity (Wildman–Crippen MR) is 76.5 cm³/mol. The van der Waals surface area contributed by atoms with E-state index in [9.17, 15) is 0 Å². The molecule has 1 fully saturated rings. The summed E-state index contributed by atoms with van der Waals surface area (Å²) < 4.78 is 5.15. The van der Waals surface area contributed by atoms with Crippen LogP contribution in [0.15, 0.2) is 18.2 Å². The summed E-state index contributed by atoms with van der Waals surface area (Å²) in [4.78, 5) is 0. The predicted octanol–water partition coefficient (Wildman–Crippen LogP) is 3.67. The summed E-state index contributed by atoms with van der Waals surface area (Å²) in [6.07, 6.45) is 6.67. The van der Waals surface area contributed by atoms with E-state index >= 15 is 0 Å². The van der Waals surface area contributed by atoms with Gasteiger partial charge in [0.15, 0.2) is 0 Å². The summed E-state index contributed by atoms with van der Waals surface area (Å²) in [6, 6.07) is 6.02. The Morgan fingerprint density at radius 1 is 1.33 bits per heavy atom. The molecule has 0 unspecified atom stereocenters. The van der Waals surface area contributed by atoms with Crippen LogP contribution in [-0.4, -0.2) is 20.2 Å². The maximum atomic E-state index is 6.10. The van der Waals surface area contributed by atoms with Crippen molar-refractivity contribution in [1.82, 2.24) is 5.32 Å². The van der Waals surface area contributed by atoms with Crippen LogP contribution >= 0.6 is 11.6 Å². The lowest BCUT2D eigenvalue weighted by Crippen LogP contribution is -2.23. The highest BCUT2D eigenvalue weighted by atomic mass is 35.5. The fourth-order valence-electron chi connectivity index (χ4n) is 2.62. The molecular weight excluding hydrogens is 246 g/mol. The Labute approximate surface area is 115 Å². The standard InChI is InChI=1S/C15H22ClNO/c1-18-15-7-6-12(10-14(15)16)8-9-17-11-13-4-2-3-5-13/h6-7,10,13,17H,2-5,8-9,11H2,1H3. The molecule has 0 heterocycles. The van der Waals surface area contributed by atoms with Crippen molar-refractivity contribution in [3.8, 4) is 5.75 Å². The van der Waals surface area contributed by atoms with Crippen molar-refractivity contribution < 1.29 is 4.74 Å². The molecule has 1 aliphatic carbocycles. The molecule has 0 spiro atoms. The Kier molecular flexibility index (Phi) is 5.33. The molecule has 1 aromatic carbocycles. The SMILES string of the molecule is COc1ccc(CCNCC2CCCC2)cc1Cl. The van der Waals surface area contributed by atoms with Gasteiger partial charge in [-0.05, 0) is 56.0 Å². The van der Waals surface area contributed by atoms with Gasteiger partial charge in [0.25, 0.3) is 0 Å². The molecule has 2 nitrogen and oxygen atoms in total. The van der Waals surface area contributed by atoms with Gasteiger partial charge >= 0.3 is 0 Å². The van der Waals surface area contributed by atoms with Crippen molar-refractivity contribution in [3.63, 3.8) is 0 Å². The number of ether oxygens (including phenoxy) is 1. The number of hydrogen-bond acceptors (Lipinski definition) is 2. The first kappa shape index (κ1) is 13.7. The topological polar surface area (TPSA) is 21.3 Å². The van der Waals surface area contributed by atoms with Crippen LogP contribution in [0.25, 0.3) is 0 Å². The molecular formula is C15H22ClNO. The lowest BCUT2D eigenvalue weighted by Gasteiger charge is -2.11. The molecule has 0 amide bonds. The summed E-state index contributed by atoms with van der Waals surface area (Å²) in [5.74, 6) is 1.66. The number of halogens is 1. The molecule has 2 rings (SSSR count). The average Bonchev–Trinajstić information content (AvgIpc) is 2.88. The minimum absolute atomic E-state index is 0.700. The first-order valence-electron chi connectivity index (χ1n) is 6.82. The van der Waals surface area contributed by atoms with Crippen LogP contribution in [0.1, 0.15) is 31.2 Å². The van der Waals surface area contributed by atoms with E-state index in [0.717, 1.165) is 24.6 Å². The summed E-state index contributed by atoms with van der Waals surface area (Å²) in [6.45, 7) is 2.20. The maximum absolute atomic E-state index is 6.10. The van der Waals surface area contributed by atoms with E-state index in [1.807, 2.05) is 12.1 Å². The van der Waals surface area contributed by atoms with Gasteiger partial charge in [-0.2, -0.15) is 0 Å². The van der Waals surface area contributed by atoms with Gasteiger partial charge in [-0.25, -0.2) is 0 Å². The number of benzene rings is 1. The molecule has 0 aromatic heterocycles. The summed E-state index contributed by atoms with van der Waals surface area (Å²) in [5, 5.41) is 4.25. The molecule has 3 heteroatoms. The Hall–Kier alpha value is -0.730. The van der Waals surface area contributed by atoms with Crippen molar-refractivity contribution in [2.45, 2.75) is 32.1 Å². The van der Waals surface area contributed by atoms with Crippen molar-refractivity contribution in [2.24, 2.45) is 5.92 Å². The molecule has 1 aliphatic rings. The van der Waals surface area contributed by atoms with Crippen molar-refractivity contribution in [2.75, 3.05) is 20.2 Å². The Morgan fingerprint density at radius 3 is 2.78 bits per heavy atom. The van der Waals surface area contributed by atoms with Gasteiger partial charge in [0, 0.05) is 0 Å². The second-order valence-corrected chi connectivity index (χ2v) is 5.48. The van der Waals surface area contributed by atoms with Gasteiger partial charge < -0.3 is 10.1 Å². The quantitative estimate of drug-likeness (QED) is 0.794. The second kappa shape index (κ2) is 7.01. The fraction of sp³-hybridized carbons (Fsp3) is 0.600. The van der Waals surface area contributed by atoms with Gasteiger partial charge in [0.1, 0.15) is 5.75 Å². The average molecular weight is 268 g/mol. The monoisotopic (exact) mass is 267 g/mol. The molecule has 18 heavy (non-hydrogen) atoms. The molecule has 0 atom stereocenters. The van der Waals surface area contributed by atoms with Crippen LogP contribution in [0.2, 0.25) is 5.02 Å². The Balaban J connectivity index is 1.71. The molecule has 0 radical (unpaired) electrons. The summed E-state index contributed by atoms with van der Waals surface area (Å²) in [7, 11) is 1.64. The zero-order chi connectivity index (χ0) is 12.8. The van der Waals surface area contributed by atoms with E-state index in [1.165, 1.54) is 37.8 Å². The Bertz CT molecular complexity index is 375. The molecule has 100 valence electrons. The third-order valence-corrected chi connectivity index (χ3v) is 4.01. The molecule has 1 saturated carbocycles. The van der Waals surface area contributed by atoms with Crippen LogP contribution in [-0.2, 0) is 6.42 Å². The minimum Gasteiger partial charge on any atom is -0.495 e. The number of rotatable bonds is 6. The number of hydrogen-bond donors (Lipinski definition) is 1. The smallest absolute Gasteiger partial charge is 0.137 e. The molecule has 1 aromatic rings. The van der Waals surface area contributed by atoms with E-state index < -0.39 is 0 Å². The third-order valence-electron chi connectivity index (χ3n) is 3.71. The van der Waals surface area contributed by atoms with Crippen molar-refractivity contribution in [3.05, 3.63) is 28.8 Å². The highest BCUT2D eigenvalue weighted by Crippen LogP contribution is 2.25. The summed E-state index contributed by atoms with van der Waals surface area (Å²) >= 11 is 6.10. The molecule has 0 saturated heterocycles. The van der Waals surface area contributed by atoms with E-state index in [1.54, 1.807) is 7.11 Å². The van der Waals surface area contributed by atoms with Crippen LogP contribution in [0.4, 0.5) is 0 Å². The Morgan fingerprint density at radius 2 is 2.11 bits per heavy atom.